The predicted octanol–water partition coefficient (Wildman–Crippen LogP) is 2.34. The van der Waals surface area contributed by atoms with Crippen LogP contribution in [0.4, 0.5) is 0 Å². The van der Waals surface area contributed by atoms with Crippen LogP contribution in [0.25, 0.3) is 11.3 Å². The molecular weight excluding hydrogens is 272 g/mol. The Balaban J connectivity index is 2.03. The highest BCUT2D eigenvalue weighted by molar-refractivity contribution is 7.99. The molecule has 0 aliphatic heterocycles. The molecule has 2 N–H and O–H groups in total. The number of aromatic nitrogens is 3. The molecule has 1 heterocycles. The molecule has 0 fully saturated rings. The average molecular weight is 290 g/mol. The minimum Gasteiger partial charge on any atom is -0.351 e. The Morgan fingerprint density at radius 1 is 1.35 bits per heavy atom. The van der Waals surface area contributed by atoms with Gasteiger partial charge >= 0.3 is 0 Å². The van der Waals surface area contributed by atoms with E-state index in [4.69, 9.17) is 0 Å². The second-order valence-electron chi connectivity index (χ2n) is 4.48. The van der Waals surface area contributed by atoms with Gasteiger partial charge in [-0.3, -0.25) is 4.79 Å². The molecule has 1 amide bonds. The minimum absolute atomic E-state index is 0.189. The Kier molecular flexibility index (Phi) is 5.17. The van der Waals surface area contributed by atoms with Gasteiger partial charge in [0, 0.05) is 17.4 Å². The van der Waals surface area contributed by atoms with Gasteiger partial charge in [0.15, 0.2) is 5.69 Å². The number of H-pyrrole nitrogens is 1. The maximum absolute atomic E-state index is 12.1. The van der Waals surface area contributed by atoms with Crippen LogP contribution in [0, 0.1) is 0 Å². The fraction of sp³-hybridized carbons (Fsp3) is 0.357. The molecule has 0 saturated carbocycles. The van der Waals surface area contributed by atoms with E-state index in [2.05, 4.69) is 33.9 Å². The number of hydrogen-bond donors (Lipinski definition) is 2. The van der Waals surface area contributed by atoms with Crippen molar-refractivity contribution in [1.82, 2.24) is 20.7 Å². The van der Waals surface area contributed by atoms with Crippen LogP contribution in [0.2, 0.25) is 0 Å². The molecule has 20 heavy (non-hydrogen) atoms. The molecule has 5 nitrogen and oxygen atoms in total. The fourth-order valence-electron chi connectivity index (χ4n) is 1.78. The standard InChI is InChI=1S/C14H18N4OS/c1-10(20-2)8-9-15-14(19)13-12(16-18-17-13)11-6-4-3-5-7-11/h3-7,10H,8-9H2,1-2H3,(H,15,19)(H,16,17,18). The number of thioether (sulfide) groups is 1. The molecule has 1 aromatic carbocycles. The van der Waals surface area contributed by atoms with E-state index < -0.39 is 0 Å². The molecule has 1 aromatic heterocycles. The molecule has 2 aromatic rings. The van der Waals surface area contributed by atoms with Gasteiger partial charge in [0.2, 0.25) is 0 Å². The van der Waals surface area contributed by atoms with Gasteiger partial charge in [-0.2, -0.15) is 27.2 Å². The number of rotatable bonds is 6. The zero-order valence-corrected chi connectivity index (χ0v) is 12.4. The highest BCUT2D eigenvalue weighted by Crippen LogP contribution is 2.18. The van der Waals surface area contributed by atoms with Crippen molar-refractivity contribution >= 4 is 17.7 Å². The number of nitrogens with one attached hydrogen (secondary N) is 2. The van der Waals surface area contributed by atoms with Crippen LogP contribution in [0.3, 0.4) is 0 Å². The highest BCUT2D eigenvalue weighted by atomic mass is 32.2. The molecule has 0 spiro atoms. The number of hydrogen-bond acceptors (Lipinski definition) is 4. The van der Waals surface area contributed by atoms with Crippen LogP contribution in [0.5, 0.6) is 0 Å². The van der Waals surface area contributed by atoms with Gasteiger partial charge in [0.05, 0.1) is 0 Å². The zero-order valence-electron chi connectivity index (χ0n) is 11.6. The maximum atomic E-state index is 12.1. The number of carbonyl (C=O) groups is 1. The normalized spacial score (nSPS) is 12.1. The van der Waals surface area contributed by atoms with Crippen LogP contribution in [-0.2, 0) is 0 Å². The molecule has 0 radical (unpaired) electrons. The smallest absolute Gasteiger partial charge is 0.274 e. The third-order valence-electron chi connectivity index (χ3n) is 3.05. The van der Waals surface area contributed by atoms with Gasteiger partial charge in [0.25, 0.3) is 5.91 Å². The summed E-state index contributed by atoms with van der Waals surface area (Å²) in [6.07, 6.45) is 3.00. The maximum Gasteiger partial charge on any atom is 0.274 e. The Labute approximate surface area is 122 Å². The van der Waals surface area contributed by atoms with E-state index in [1.54, 1.807) is 11.8 Å². The Bertz CT molecular complexity index is 555. The molecule has 106 valence electrons. The fourth-order valence-corrected chi connectivity index (χ4v) is 2.13. The van der Waals surface area contributed by atoms with E-state index in [0.29, 0.717) is 23.2 Å². The number of benzene rings is 1. The van der Waals surface area contributed by atoms with Gasteiger partial charge < -0.3 is 5.32 Å². The van der Waals surface area contributed by atoms with Gasteiger partial charge in [-0.15, -0.1) is 0 Å². The summed E-state index contributed by atoms with van der Waals surface area (Å²) in [6.45, 7) is 2.78. The molecule has 0 aliphatic rings. The molecule has 6 heteroatoms. The Hall–Kier alpha value is -1.82. The molecule has 1 unspecified atom stereocenters. The van der Waals surface area contributed by atoms with Crippen LogP contribution in [-0.4, -0.2) is 39.4 Å². The summed E-state index contributed by atoms with van der Waals surface area (Å²) >= 11 is 1.79. The lowest BCUT2D eigenvalue weighted by atomic mass is 10.1. The largest absolute Gasteiger partial charge is 0.351 e. The van der Waals surface area contributed by atoms with Crippen molar-refractivity contribution in [2.45, 2.75) is 18.6 Å². The lowest BCUT2D eigenvalue weighted by Gasteiger charge is -2.08. The minimum atomic E-state index is -0.189. The van der Waals surface area contributed by atoms with E-state index in [9.17, 15) is 4.79 Å². The molecule has 0 saturated heterocycles. The van der Waals surface area contributed by atoms with Crippen molar-refractivity contribution < 1.29 is 4.79 Å². The summed E-state index contributed by atoms with van der Waals surface area (Å²) in [5.41, 5.74) is 1.80. The second-order valence-corrected chi connectivity index (χ2v) is 5.75. The van der Waals surface area contributed by atoms with E-state index >= 15 is 0 Å². The summed E-state index contributed by atoms with van der Waals surface area (Å²) in [7, 11) is 0. The van der Waals surface area contributed by atoms with Crippen molar-refractivity contribution in [3.05, 3.63) is 36.0 Å². The Morgan fingerprint density at radius 2 is 2.10 bits per heavy atom. The third kappa shape index (κ3) is 3.60. The number of aromatic amines is 1. The molecule has 0 bridgehead atoms. The van der Waals surface area contributed by atoms with E-state index in [1.807, 2.05) is 30.3 Å². The van der Waals surface area contributed by atoms with Gasteiger partial charge in [-0.25, -0.2) is 0 Å². The molecule has 2 rings (SSSR count). The Morgan fingerprint density at radius 3 is 2.80 bits per heavy atom. The van der Waals surface area contributed by atoms with Crippen LogP contribution >= 0.6 is 11.8 Å². The molecular formula is C14H18N4OS. The molecule has 1 atom stereocenters. The van der Waals surface area contributed by atoms with E-state index in [1.165, 1.54) is 0 Å². The summed E-state index contributed by atoms with van der Waals surface area (Å²) in [5.74, 6) is -0.189. The third-order valence-corrected chi connectivity index (χ3v) is 4.09. The first-order chi connectivity index (χ1) is 9.72. The van der Waals surface area contributed by atoms with E-state index in [0.717, 1.165) is 12.0 Å². The summed E-state index contributed by atoms with van der Waals surface area (Å²) in [6, 6.07) is 9.56. The van der Waals surface area contributed by atoms with Crippen molar-refractivity contribution in [2.24, 2.45) is 0 Å². The summed E-state index contributed by atoms with van der Waals surface area (Å²) in [4.78, 5) is 12.1. The lowest BCUT2D eigenvalue weighted by Crippen LogP contribution is -2.26. The lowest BCUT2D eigenvalue weighted by molar-refractivity contribution is 0.0949. The number of nitrogens with zero attached hydrogens (tertiary/aromatic N) is 2. The van der Waals surface area contributed by atoms with Crippen LogP contribution in [0.15, 0.2) is 30.3 Å². The van der Waals surface area contributed by atoms with Crippen LogP contribution in [0.1, 0.15) is 23.8 Å². The second kappa shape index (κ2) is 7.09. The van der Waals surface area contributed by atoms with Gasteiger partial charge in [-0.1, -0.05) is 37.3 Å². The first-order valence-corrected chi connectivity index (χ1v) is 7.78. The quantitative estimate of drug-likeness (QED) is 0.856. The molecule has 0 aliphatic carbocycles. The predicted molar refractivity (Wildman–Crippen MR) is 81.7 cm³/mol. The van der Waals surface area contributed by atoms with Crippen molar-refractivity contribution in [3.8, 4) is 11.3 Å². The topological polar surface area (TPSA) is 70.7 Å². The number of carbonyl (C=O) groups excluding carboxylic acids is 1. The SMILES string of the molecule is CSC(C)CCNC(=O)c1n[nH]nc1-c1ccccc1. The summed E-state index contributed by atoms with van der Waals surface area (Å²) in [5, 5.41) is 14.0. The highest BCUT2D eigenvalue weighted by Gasteiger charge is 2.17. The first kappa shape index (κ1) is 14.6. The van der Waals surface area contributed by atoms with Crippen molar-refractivity contribution in [1.29, 1.82) is 0 Å². The first-order valence-electron chi connectivity index (χ1n) is 6.49. The van der Waals surface area contributed by atoms with Crippen molar-refractivity contribution in [2.75, 3.05) is 12.8 Å². The van der Waals surface area contributed by atoms with Crippen LogP contribution < -0.4 is 5.32 Å². The monoisotopic (exact) mass is 290 g/mol. The zero-order chi connectivity index (χ0) is 14.4. The van der Waals surface area contributed by atoms with Crippen molar-refractivity contribution in [3.63, 3.8) is 0 Å². The van der Waals surface area contributed by atoms with E-state index in [-0.39, 0.29) is 5.91 Å². The van der Waals surface area contributed by atoms with Gasteiger partial charge in [0.1, 0.15) is 5.69 Å². The summed E-state index contributed by atoms with van der Waals surface area (Å²) < 4.78 is 0. The number of amides is 1. The average Bonchev–Trinajstić information content (AvgIpc) is 2.97. The van der Waals surface area contributed by atoms with Gasteiger partial charge in [-0.05, 0) is 12.7 Å².